The van der Waals surface area contributed by atoms with E-state index in [0.29, 0.717) is 19.8 Å². The van der Waals surface area contributed by atoms with Crippen molar-refractivity contribution in [3.63, 3.8) is 0 Å². The van der Waals surface area contributed by atoms with Gasteiger partial charge in [0.1, 0.15) is 0 Å². The van der Waals surface area contributed by atoms with E-state index in [0.717, 1.165) is 12.8 Å². The minimum atomic E-state index is -0.606. The second-order valence-corrected chi connectivity index (χ2v) is 9.86. The summed E-state index contributed by atoms with van der Waals surface area (Å²) in [5.74, 6) is -0.744. The van der Waals surface area contributed by atoms with Gasteiger partial charge < -0.3 is 4.74 Å². The Morgan fingerprint density at radius 2 is 1.42 bits per heavy atom. The molecule has 4 aliphatic rings. The summed E-state index contributed by atoms with van der Waals surface area (Å²) in [5, 5.41) is 0. The molecule has 2 unspecified atom stereocenters. The fourth-order valence-electron chi connectivity index (χ4n) is 6.77. The van der Waals surface area contributed by atoms with Gasteiger partial charge >= 0.3 is 0 Å². The lowest BCUT2D eigenvalue weighted by molar-refractivity contribution is -0.140. The summed E-state index contributed by atoms with van der Waals surface area (Å²) in [6.45, 7) is 5.76. The van der Waals surface area contributed by atoms with Gasteiger partial charge in [-0.1, -0.05) is 87.6 Å². The third kappa shape index (κ3) is 3.29. The van der Waals surface area contributed by atoms with Crippen molar-refractivity contribution >= 4 is 11.8 Å². The average molecular weight is 446 g/mol. The van der Waals surface area contributed by atoms with Crippen LogP contribution in [-0.2, 0) is 19.7 Å². The van der Waals surface area contributed by atoms with Gasteiger partial charge in [-0.25, -0.2) is 0 Å². The van der Waals surface area contributed by atoms with Crippen molar-refractivity contribution in [3.8, 4) is 0 Å². The van der Waals surface area contributed by atoms with E-state index in [2.05, 4.69) is 55.5 Å². The molecule has 2 aromatic carbocycles. The summed E-state index contributed by atoms with van der Waals surface area (Å²) >= 11 is 0. The molecule has 1 heterocycles. The zero-order chi connectivity index (χ0) is 23.0. The van der Waals surface area contributed by atoms with E-state index in [-0.39, 0.29) is 29.6 Å². The summed E-state index contributed by atoms with van der Waals surface area (Å²) < 4.78 is 6.09. The Balaban J connectivity index is 1.54. The first-order chi connectivity index (χ1) is 16.2. The Morgan fingerprint density at radius 3 is 2.06 bits per heavy atom. The van der Waals surface area contributed by atoms with E-state index in [1.54, 1.807) is 4.90 Å². The molecule has 0 aromatic heterocycles. The number of unbranched alkanes of at least 4 members (excludes halogenated alkanes) is 5. The highest BCUT2D eigenvalue weighted by Gasteiger charge is 2.67. The standard InChI is InChI=1S/C29H35NO3/c1-3-5-6-7-8-13-18-30-27(31)25-24-20-14-9-11-16-22(20)29(19-33-4-2,26(25)28(30)32)23-17-12-10-15-21(23)24/h9-12,14-17,24-26H,3-8,13,18-19H2,1-2H3. The molecule has 33 heavy (non-hydrogen) atoms. The number of carbonyl (C=O) groups is 2. The van der Waals surface area contributed by atoms with Gasteiger partial charge in [-0.3, -0.25) is 14.5 Å². The van der Waals surface area contributed by atoms with E-state index in [4.69, 9.17) is 4.74 Å². The van der Waals surface area contributed by atoms with Gasteiger partial charge in [0.2, 0.25) is 11.8 Å². The van der Waals surface area contributed by atoms with Crippen molar-refractivity contribution in [1.29, 1.82) is 0 Å². The number of carbonyl (C=O) groups excluding carboxylic acids is 2. The third-order valence-corrected chi connectivity index (χ3v) is 8.15. The van der Waals surface area contributed by atoms with Crippen LogP contribution in [0.25, 0.3) is 0 Å². The summed E-state index contributed by atoms with van der Waals surface area (Å²) in [6.07, 6.45) is 6.84. The molecule has 0 radical (unpaired) electrons. The Kier molecular flexibility index (Phi) is 6.13. The van der Waals surface area contributed by atoms with Gasteiger partial charge in [-0.15, -0.1) is 0 Å². The number of amides is 2. The lowest BCUT2D eigenvalue weighted by Crippen LogP contribution is -2.56. The molecule has 174 valence electrons. The highest BCUT2D eigenvalue weighted by molar-refractivity contribution is 6.08. The maximum atomic E-state index is 13.9. The van der Waals surface area contributed by atoms with Crippen LogP contribution in [0.1, 0.15) is 80.5 Å². The van der Waals surface area contributed by atoms with Crippen LogP contribution in [0.5, 0.6) is 0 Å². The molecule has 3 aliphatic carbocycles. The van der Waals surface area contributed by atoms with Gasteiger partial charge in [0.05, 0.1) is 23.9 Å². The Labute approximate surface area is 197 Å². The lowest BCUT2D eigenvalue weighted by atomic mass is 9.47. The summed E-state index contributed by atoms with van der Waals surface area (Å²) in [7, 11) is 0. The number of nitrogens with zero attached hydrogens (tertiary/aromatic N) is 1. The van der Waals surface area contributed by atoms with E-state index in [1.165, 1.54) is 47.9 Å². The second-order valence-electron chi connectivity index (χ2n) is 9.86. The fraction of sp³-hybridized carbons (Fsp3) is 0.517. The zero-order valence-corrected chi connectivity index (χ0v) is 19.9. The lowest BCUT2D eigenvalue weighted by Gasteiger charge is -2.54. The molecule has 2 atom stereocenters. The molecule has 0 N–H and O–H groups in total. The van der Waals surface area contributed by atoms with Crippen molar-refractivity contribution in [2.45, 2.75) is 63.7 Å². The number of benzene rings is 2. The van der Waals surface area contributed by atoms with Crippen molar-refractivity contribution in [3.05, 3.63) is 70.8 Å². The van der Waals surface area contributed by atoms with E-state index >= 15 is 0 Å². The average Bonchev–Trinajstić information content (AvgIpc) is 3.11. The second kappa shape index (κ2) is 9.06. The van der Waals surface area contributed by atoms with Crippen LogP contribution in [0.4, 0.5) is 0 Å². The Bertz CT molecular complexity index is 997. The number of hydrogen-bond donors (Lipinski definition) is 0. The number of likely N-dealkylation sites (tertiary alicyclic amines) is 1. The molecule has 2 amide bonds. The molecule has 1 fully saturated rings. The third-order valence-electron chi connectivity index (χ3n) is 8.15. The monoisotopic (exact) mass is 445 g/mol. The molecule has 0 spiro atoms. The van der Waals surface area contributed by atoms with Gasteiger partial charge in [-0.05, 0) is 35.6 Å². The number of hydrogen-bond acceptors (Lipinski definition) is 3. The molecule has 2 bridgehead atoms. The summed E-state index contributed by atoms with van der Waals surface area (Å²) in [4.78, 5) is 29.3. The minimum absolute atomic E-state index is 0.00673. The fourth-order valence-corrected chi connectivity index (χ4v) is 6.77. The van der Waals surface area contributed by atoms with E-state index in [1.807, 2.05) is 6.92 Å². The summed E-state index contributed by atoms with van der Waals surface area (Å²) in [5.41, 5.74) is 4.13. The molecule has 0 saturated carbocycles. The predicted octanol–water partition coefficient (Wildman–Crippen LogP) is 5.43. The largest absolute Gasteiger partial charge is 0.380 e. The topological polar surface area (TPSA) is 46.6 Å². The van der Waals surface area contributed by atoms with Crippen LogP contribution in [-0.4, -0.2) is 36.5 Å². The van der Waals surface area contributed by atoms with Gasteiger partial charge in [0.15, 0.2) is 0 Å². The molecule has 1 aliphatic heterocycles. The zero-order valence-electron chi connectivity index (χ0n) is 19.9. The van der Waals surface area contributed by atoms with E-state index in [9.17, 15) is 9.59 Å². The maximum absolute atomic E-state index is 13.9. The van der Waals surface area contributed by atoms with Crippen LogP contribution in [0.3, 0.4) is 0 Å². The van der Waals surface area contributed by atoms with E-state index < -0.39 is 5.41 Å². The quantitative estimate of drug-likeness (QED) is 0.362. The molecule has 2 aromatic rings. The first-order valence-electron chi connectivity index (χ1n) is 12.8. The molecule has 4 nitrogen and oxygen atoms in total. The molecular formula is C29H35NO3. The first kappa shape index (κ1) is 22.3. The van der Waals surface area contributed by atoms with Crippen LogP contribution < -0.4 is 0 Å². The molecule has 4 heteroatoms. The van der Waals surface area contributed by atoms with Crippen molar-refractivity contribution in [2.75, 3.05) is 19.8 Å². The highest BCUT2D eigenvalue weighted by atomic mass is 16.5. The molecule has 1 saturated heterocycles. The number of ether oxygens (including phenoxy) is 1. The number of imide groups is 1. The van der Waals surface area contributed by atoms with Crippen LogP contribution in [0.2, 0.25) is 0 Å². The van der Waals surface area contributed by atoms with Crippen LogP contribution >= 0.6 is 0 Å². The van der Waals surface area contributed by atoms with Crippen molar-refractivity contribution in [1.82, 2.24) is 4.90 Å². The number of rotatable bonds is 10. The van der Waals surface area contributed by atoms with Crippen LogP contribution in [0, 0.1) is 11.8 Å². The normalized spacial score (nSPS) is 27.0. The van der Waals surface area contributed by atoms with Gasteiger partial charge in [-0.2, -0.15) is 0 Å². The molecular weight excluding hydrogens is 410 g/mol. The van der Waals surface area contributed by atoms with Crippen molar-refractivity contribution in [2.24, 2.45) is 11.8 Å². The molecule has 6 rings (SSSR count). The first-order valence-corrected chi connectivity index (χ1v) is 12.8. The van der Waals surface area contributed by atoms with Crippen LogP contribution in [0.15, 0.2) is 48.5 Å². The van der Waals surface area contributed by atoms with Gasteiger partial charge in [0.25, 0.3) is 0 Å². The Morgan fingerprint density at radius 1 is 0.818 bits per heavy atom. The summed E-state index contributed by atoms with van der Waals surface area (Å²) in [6, 6.07) is 16.8. The maximum Gasteiger partial charge on any atom is 0.234 e. The minimum Gasteiger partial charge on any atom is -0.380 e. The predicted molar refractivity (Wildman–Crippen MR) is 129 cm³/mol. The van der Waals surface area contributed by atoms with Gasteiger partial charge in [0, 0.05) is 19.1 Å². The SMILES string of the molecule is CCCCCCCCN1C(=O)C2C3c4ccccc4C(COCC)(c4ccccc43)C2C1=O. The highest BCUT2D eigenvalue weighted by Crippen LogP contribution is 2.64. The Hall–Kier alpha value is -2.46. The smallest absolute Gasteiger partial charge is 0.234 e. The van der Waals surface area contributed by atoms with Crippen molar-refractivity contribution < 1.29 is 14.3 Å².